The highest BCUT2D eigenvalue weighted by Crippen LogP contribution is 2.36. The van der Waals surface area contributed by atoms with Gasteiger partial charge in [-0.15, -0.1) is 0 Å². The van der Waals surface area contributed by atoms with Crippen LogP contribution in [-0.4, -0.2) is 68.1 Å². The number of amides is 2. The smallest absolute Gasteiger partial charge is 0.407 e. The SMILES string of the molecule is COC(=O)N[C@H](C(=O)N1CCC[C@H]1c1nc2ccc(-c3ccc4cc(-c5cnc([C@@H]6CCCN6)[nH]5)ccc4n3)cc2[nH]1)C1CCCC1. The molecule has 11 nitrogen and oxygen atoms in total. The zero-order chi connectivity index (χ0) is 31.9. The maximum absolute atomic E-state index is 13.9. The molecule has 242 valence electrons. The molecule has 4 N–H and O–H groups in total. The number of rotatable bonds is 7. The van der Waals surface area contributed by atoms with Crippen LogP contribution >= 0.6 is 0 Å². The topological polar surface area (TPSA) is 141 Å². The maximum Gasteiger partial charge on any atom is 0.407 e. The first-order valence-corrected chi connectivity index (χ1v) is 16.9. The molecular weight excluding hydrogens is 592 g/mol. The fraction of sp³-hybridized carbons (Fsp3) is 0.417. The first kappa shape index (κ1) is 29.6. The molecule has 3 fully saturated rings. The van der Waals surface area contributed by atoms with E-state index < -0.39 is 12.1 Å². The van der Waals surface area contributed by atoms with Gasteiger partial charge in [-0.3, -0.25) is 4.79 Å². The van der Waals surface area contributed by atoms with E-state index in [1.165, 1.54) is 13.5 Å². The van der Waals surface area contributed by atoms with Crippen molar-refractivity contribution < 1.29 is 14.3 Å². The van der Waals surface area contributed by atoms with Crippen LogP contribution in [0.15, 0.2) is 54.7 Å². The van der Waals surface area contributed by atoms with E-state index in [-0.39, 0.29) is 17.9 Å². The summed E-state index contributed by atoms with van der Waals surface area (Å²) in [6.45, 7) is 1.68. The summed E-state index contributed by atoms with van der Waals surface area (Å²) in [5.74, 6) is 1.85. The third-order valence-electron chi connectivity index (χ3n) is 10.2. The first-order chi connectivity index (χ1) is 23.0. The Labute approximate surface area is 272 Å². The van der Waals surface area contributed by atoms with E-state index in [0.717, 1.165) is 108 Å². The number of nitrogens with zero attached hydrogens (tertiary/aromatic N) is 4. The number of carbonyl (C=O) groups is 2. The Bertz CT molecular complexity index is 1940. The minimum atomic E-state index is -0.581. The molecule has 0 unspecified atom stereocenters. The fourth-order valence-corrected chi connectivity index (χ4v) is 7.73. The lowest BCUT2D eigenvalue weighted by Gasteiger charge is -2.31. The zero-order valence-electron chi connectivity index (χ0n) is 26.6. The van der Waals surface area contributed by atoms with Gasteiger partial charge in [-0.2, -0.15) is 0 Å². The number of hydrogen-bond acceptors (Lipinski definition) is 7. The van der Waals surface area contributed by atoms with E-state index in [0.29, 0.717) is 12.6 Å². The highest BCUT2D eigenvalue weighted by Gasteiger charge is 2.40. The molecule has 0 radical (unpaired) electrons. The van der Waals surface area contributed by atoms with Gasteiger partial charge >= 0.3 is 6.09 Å². The number of pyridine rings is 1. The number of H-pyrrole nitrogens is 2. The quantitative estimate of drug-likeness (QED) is 0.168. The van der Waals surface area contributed by atoms with E-state index in [2.05, 4.69) is 62.0 Å². The van der Waals surface area contributed by atoms with E-state index in [1.807, 2.05) is 23.2 Å². The molecule has 1 saturated carbocycles. The third kappa shape index (κ3) is 5.73. The van der Waals surface area contributed by atoms with Crippen molar-refractivity contribution >= 4 is 33.9 Å². The summed E-state index contributed by atoms with van der Waals surface area (Å²) < 4.78 is 4.87. The van der Waals surface area contributed by atoms with Crippen molar-refractivity contribution in [2.24, 2.45) is 5.92 Å². The van der Waals surface area contributed by atoms with Gasteiger partial charge in [0.15, 0.2) is 0 Å². The van der Waals surface area contributed by atoms with Crippen molar-refractivity contribution in [3.8, 4) is 22.5 Å². The molecule has 3 aromatic heterocycles. The molecule has 2 amide bonds. The number of methoxy groups -OCH3 is 1. The molecular formula is C36H40N8O3. The van der Waals surface area contributed by atoms with Crippen molar-refractivity contribution in [1.82, 2.24) is 40.5 Å². The lowest BCUT2D eigenvalue weighted by atomic mass is 9.96. The number of carbonyl (C=O) groups excluding carboxylic acids is 2. The van der Waals surface area contributed by atoms with Gasteiger partial charge in [0.2, 0.25) is 5.91 Å². The zero-order valence-corrected chi connectivity index (χ0v) is 26.6. The van der Waals surface area contributed by atoms with Crippen LogP contribution in [-0.2, 0) is 9.53 Å². The molecule has 2 saturated heterocycles. The second-order valence-electron chi connectivity index (χ2n) is 13.1. The molecule has 2 aromatic carbocycles. The lowest BCUT2D eigenvalue weighted by molar-refractivity contribution is -0.135. The molecule has 0 spiro atoms. The van der Waals surface area contributed by atoms with Crippen LogP contribution in [0.3, 0.4) is 0 Å². The van der Waals surface area contributed by atoms with E-state index >= 15 is 0 Å². The third-order valence-corrected chi connectivity index (χ3v) is 10.2. The Kier molecular flexibility index (Phi) is 7.84. The van der Waals surface area contributed by atoms with Crippen molar-refractivity contribution in [2.45, 2.75) is 69.5 Å². The van der Waals surface area contributed by atoms with Gasteiger partial charge in [0.25, 0.3) is 0 Å². The Hall–Kier alpha value is -4.77. The van der Waals surface area contributed by atoms with Gasteiger partial charge in [0, 0.05) is 23.1 Å². The van der Waals surface area contributed by atoms with Crippen LogP contribution in [0.4, 0.5) is 4.79 Å². The minimum absolute atomic E-state index is 0.0479. The summed E-state index contributed by atoms with van der Waals surface area (Å²) in [6.07, 6.45) is 9.36. The summed E-state index contributed by atoms with van der Waals surface area (Å²) in [7, 11) is 1.34. The van der Waals surface area contributed by atoms with Crippen molar-refractivity contribution in [3.63, 3.8) is 0 Å². The van der Waals surface area contributed by atoms with E-state index in [9.17, 15) is 9.59 Å². The van der Waals surface area contributed by atoms with Crippen LogP contribution in [0.2, 0.25) is 0 Å². The van der Waals surface area contributed by atoms with Gasteiger partial charge in [-0.25, -0.2) is 19.7 Å². The number of alkyl carbamates (subject to hydrolysis) is 1. The second-order valence-corrected chi connectivity index (χ2v) is 13.1. The molecule has 1 aliphatic carbocycles. The average Bonchev–Trinajstić information content (AvgIpc) is 3.95. The molecule has 3 atom stereocenters. The van der Waals surface area contributed by atoms with Crippen molar-refractivity contribution in [1.29, 1.82) is 0 Å². The minimum Gasteiger partial charge on any atom is -0.453 e. The van der Waals surface area contributed by atoms with Gasteiger partial charge < -0.3 is 30.2 Å². The summed E-state index contributed by atoms with van der Waals surface area (Å²) >= 11 is 0. The fourth-order valence-electron chi connectivity index (χ4n) is 7.73. The van der Waals surface area contributed by atoms with Crippen LogP contribution in [0.1, 0.15) is 75.1 Å². The van der Waals surface area contributed by atoms with E-state index in [1.54, 1.807) is 0 Å². The number of imidazole rings is 2. The summed E-state index contributed by atoms with van der Waals surface area (Å²) in [5.41, 5.74) is 6.64. The Morgan fingerprint density at radius 3 is 2.57 bits per heavy atom. The number of aromatic nitrogens is 5. The molecule has 5 heterocycles. The number of nitrogens with one attached hydrogen (secondary N) is 4. The summed E-state index contributed by atoms with van der Waals surface area (Å²) in [6, 6.07) is 16.2. The number of fused-ring (bicyclic) bond motifs is 2. The highest BCUT2D eigenvalue weighted by atomic mass is 16.5. The Morgan fingerprint density at radius 2 is 1.74 bits per heavy atom. The lowest BCUT2D eigenvalue weighted by Crippen LogP contribution is -2.51. The van der Waals surface area contributed by atoms with Gasteiger partial charge in [0.1, 0.15) is 17.7 Å². The normalized spacial score (nSPS) is 20.7. The number of likely N-dealkylation sites (tertiary alicyclic amines) is 1. The van der Waals surface area contributed by atoms with Crippen LogP contribution in [0.5, 0.6) is 0 Å². The largest absolute Gasteiger partial charge is 0.453 e. The number of ether oxygens (including phenoxy) is 1. The standard InChI is InChI=1S/C36H40N8O3/c1-47-36(46)43-32(21-6-2-3-7-21)35(45)44-17-5-9-31(44)34-40-27-15-12-24(19-29(27)41-34)26-13-10-22-18-23(11-14-25(22)39-26)30-20-38-33(42-30)28-8-4-16-37-28/h10-15,18-21,28,31-32,37H,2-9,16-17H2,1H3,(H,38,42)(H,40,41)(H,43,46)/t28-,31-,32-/m0/s1. The number of aromatic amines is 2. The molecule has 2 aliphatic heterocycles. The predicted octanol–water partition coefficient (Wildman–Crippen LogP) is 6.17. The molecule has 8 rings (SSSR count). The van der Waals surface area contributed by atoms with Crippen LogP contribution in [0, 0.1) is 5.92 Å². The summed E-state index contributed by atoms with van der Waals surface area (Å²) in [4.78, 5) is 49.5. The number of hydrogen-bond donors (Lipinski definition) is 4. The molecule has 47 heavy (non-hydrogen) atoms. The van der Waals surface area contributed by atoms with Crippen molar-refractivity contribution in [3.05, 3.63) is 66.4 Å². The first-order valence-electron chi connectivity index (χ1n) is 16.9. The van der Waals surface area contributed by atoms with Crippen LogP contribution in [0.25, 0.3) is 44.5 Å². The maximum atomic E-state index is 13.9. The molecule has 5 aromatic rings. The average molecular weight is 633 g/mol. The van der Waals surface area contributed by atoms with Gasteiger partial charge in [-0.05, 0) is 81.3 Å². The molecule has 0 bridgehead atoms. The monoisotopic (exact) mass is 632 g/mol. The van der Waals surface area contributed by atoms with Crippen LogP contribution < -0.4 is 10.6 Å². The Balaban J connectivity index is 1.02. The van der Waals surface area contributed by atoms with Gasteiger partial charge in [0.05, 0.1) is 53.3 Å². The number of benzene rings is 2. The second kappa shape index (κ2) is 12.4. The summed E-state index contributed by atoms with van der Waals surface area (Å²) in [5, 5.41) is 7.41. The molecule has 3 aliphatic rings. The Morgan fingerprint density at radius 1 is 0.894 bits per heavy atom. The van der Waals surface area contributed by atoms with Crippen molar-refractivity contribution in [2.75, 3.05) is 20.2 Å². The van der Waals surface area contributed by atoms with E-state index in [4.69, 9.17) is 14.7 Å². The molecule has 11 heteroatoms. The van der Waals surface area contributed by atoms with Gasteiger partial charge in [-0.1, -0.05) is 31.0 Å². The highest BCUT2D eigenvalue weighted by molar-refractivity contribution is 5.88. The predicted molar refractivity (Wildman–Crippen MR) is 179 cm³/mol.